The van der Waals surface area contributed by atoms with Gasteiger partial charge in [-0.15, -0.1) is 0 Å². The Bertz CT molecular complexity index is 729. The molecule has 0 heterocycles. The van der Waals surface area contributed by atoms with Crippen molar-refractivity contribution < 1.29 is 13.2 Å². The topological polar surface area (TPSA) is 27.6 Å². The van der Waals surface area contributed by atoms with Gasteiger partial charge in [0.1, 0.15) is 5.82 Å². The molecule has 6 heteroatoms. The highest BCUT2D eigenvalue weighted by atomic mass is 19.2. The van der Waals surface area contributed by atoms with Crippen LogP contribution in [0.25, 0.3) is 0 Å². The summed E-state index contributed by atoms with van der Waals surface area (Å²) in [6, 6.07) is 6.19. The van der Waals surface area contributed by atoms with Crippen LogP contribution < -0.4 is 5.32 Å². The minimum Gasteiger partial charge on any atom is -0.366 e. The van der Waals surface area contributed by atoms with Gasteiger partial charge in [-0.25, -0.2) is 18.2 Å². The van der Waals surface area contributed by atoms with Gasteiger partial charge in [0, 0.05) is 31.4 Å². The third-order valence-electron chi connectivity index (χ3n) is 3.38. The Morgan fingerprint density at radius 2 is 1.83 bits per heavy atom. The van der Waals surface area contributed by atoms with Gasteiger partial charge in [0.25, 0.3) is 0 Å². The summed E-state index contributed by atoms with van der Waals surface area (Å²) in [5, 5.41) is 2.74. The van der Waals surface area contributed by atoms with E-state index in [9.17, 15) is 13.2 Å². The lowest BCUT2D eigenvalue weighted by atomic mass is 10.1. The monoisotopic (exact) mass is 321 g/mol. The van der Waals surface area contributed by atoms with Crippen LogP contribution in [-0.4, -0.2) is 24.8 Å². The molecule has 0 atom stereocenters. The maximum atomic E-state index is 14.2. The Morgan fingerprint density at radius 3 is 2.48 bits per heavy atom. The lowest BCUT2D eigenvalue weighted by Gasteiger charge is -2.12. The lowest BCUT2D eigenvalue weighted by molar-refractivity contribution is 0.509. The van der Waals surface area contributed by atoms with Gasteiger partial charge < -0.3 is 10.2 Å². The van der Waals surface area contributed by atoms with Gasteiger partial charge in [-0.1, -0.05) is 0 Å². The summed E-state index contributed by atoms with van der Waals surface area (Å²) in [5.74, 6) is -2.46. The molecule has 0 aliphatic rings. The first-order chi connectivity index (χ1) is 10.9. The van der Waals surface area contributed by atoms with Crippen molar-refractivity contribution in [3.8, 4) is 0 Å². The zero-order valence-electron chi connectivity index (χ0n) is 13.2. The molecule has 0 amide bonds. The Hall–Kier alpha value is -2.50. The van der Waals surface area contributed by atoms with Crippen molar-refractivity contribution in [2.75, 3.05) is 18.9 Å². The van der Waals surface area contributed by atoms with Crippen molar-refractivity contribution >= 4 is 23.4 Å². The van der Waals surface area contributed by atoms with Gasteiger partial charge in [0.15, 0.2) is 11.6 Å². The summed E-state index contributed by atoms with van der Waals surface area (Å²) in [4.78, 5) is 6.10. The van der Waals surface area contributed by atoms with Gasteiger partial charge in [-0.05, 0) is 37.6 Å². The number of halogens is 3. The van der Waals surface area contributed by atoms with E-state index in [0.29, 0.717) is 5.69 Å². The van der Waals surface area contributed by atoms with E-state index in [-0.39, 0.29) is 11.4 Å². The summed E-state index contributed by atoms with van der Waals surface area (Å²) >= 11 is 0. The average molecular weight is 321 g/mol. The van der Waals surface area contributed by atoms with E-state index in [4.69, 9.17) is 0 Å². The molecule has 0 aromatic heterocycles. The summed E-state index contributed by atoms with van der Waals surface area (Å²) in [7, 11) is 1.87. The highest BCUT2D eigenvalue weighted by Crippen LogP contribution is 2.28. The lowest BCUT2D eigenvalue weighted by Crippen LogP contribution is -2.14. The highest BCUT2D eigenvalue weighted by molar-refractivity contribution is 5.68. The number of hydrogen-bond acceptors (Lipinski definition) is 2. The Labute approximate surface area is 133 Å². The predicted octanol–water partition coefficient (Wildman–Crippen LogP) is 4.77. The van der Waals surface area contributed by atoms with Crippen LogP contribution in [0.3, 0.4) is 0 Å². The molecule has 0 bridgehead atoms. The molecule has 0 spiro atoms. The molecule has 122 valence electrons. The molecule has 0 aliphatic heterocycles. The molecule has 23 heavy (non-hydrogen) atoms. The zero-order chi connectivity index (χ0) is 17.0. The van der Waals surface area contributed by atoms with Crippen molar-refractivity contribution in [3.63, 3.8) is 0 Å². The molecule has 0 saturated carbocycles. The van der Waals surface area contributed by atoms with Crippen LogP contribution in [-0.2, 0) is 0 Å². The number of aryl methyl sites for hydroxylation is 1. The number of rotatable bonds is 5. The number of aliphatic imine (C=N–C) groups is 1. The molecule has 2 rings (SSSR count). The molecule has 2 aromatic rings. The molecule has 1 N–H and O–H groups in total. The van der Waals surface area contributed by atoms with E-state index in [1.807, 2.05) is 18.9 Å². The number of benzene rings is 2. The molecule has 0 aliphatic carbocycles. The van der Waals surface area contributed by atoms with E-state index >= 15 is 0 Å². The van der Waals surface area contributed by atoms with E-state index in [0.717, 1.165) is 24.2 Å². The molecule has 2 aromatic carbocycles. The highest BCUT2D eigenvalue weighted by Gasteiger charge is 2.09. The van der Waals surface area contributed by atoms with E-state index in [2.05, 4.69) is 10.3 Å². The molecule has 0 unspecified atom stereocenters. The van der Waals surface area contributed by atoms with Crippen molar-refractivity contribution in [2.24, 2.45) is 4.99 Å². The average Bonchev–Trinajstić information content (AvgIpc) is 2.52. The number of hydrogen-bond donors (Lipinski definition) is 1. The third kappa shape index (κ3) is 4.25. The minimum atomic E-state index is -0.990. The van der Waals surface area contributed by atoms with Crippen molar-refractivity contribution in [1.82, 2.24) is 4.90 Å². The van der Waals surface area contributed by atoms with Gasteiger partial charge in [-0.2, -0.15) is 0 Å². The zero-order valence-corrected chi connectivity index (χ0v) is 13.2. The number of nitrogens with zero attached hydrogens (tertiary/aromatic N) is 2. The van der Waals surface area contributed by atoms with Crippen LogP contribution in [0.5, 0.6) is 0 Å². The number of anilines is 2. The van der Waals surface area contributed by atoms with Crippen LogP contribution in [0.2, 0.25) is 0 Å². The van der Waals surface area contributed by atoms with Crippen molar-refractivity contribution in [3.05, 3.63) is 53.3 Å². The Kier molecular flexibility index (Phi) is 5.26. The van der Waals surface area contributed by atoms with Crippen LogP contribution in [0.4, 0.5) is 30.2 Å². The smallest absolute Gasteiger partial charge is 0.160 e. The SMILES string of the molecule is CCN(C)C=Nc1cc(F)c(Nc2ccc(F)c(F)c2)cc1C. The van der Waals surface area contributed by atoms with Gasteiger partial charge >= 0.3 is 0 Å². The van der Waals surface area contributed by atoms with E-state index < -0.39 is 17.5 Å². The minimum absolute atomic E-state index is 0.177. The largest absolute Gasteiger partial charge is 0.366 e. The quantitative estimate of drug-likeness (QED) is 0.635. The van der Waals surface area contributed by atoms with E-state index in [1.165, 1.54) is 12.1 Å². The summed E-state index contributed by atoms with van der Waals surface area (Å²) in [6.07, 6.45) is 1.63. The maximum absolute atomic E-state index is 14.2. The summed E-state index contributed by atoms with van der Waals surface area (Å²) in [6.45, 7) is 4.57. The standard InChI is InChI=1S/C17H18F3N3/c1-4-23(3)10-21-16-9-15(20)17(7-11(16)2)22-12-5-6-13(18)14(19)8-12/h5-10,22H,4H2,1-3H3. The van der Waals surface area contributed by atoms with Crippen molar-refractivity contribution in [1.29, 1.82) is 0 Å². The molecule has 3 nitrogen and oxygen atoms in total. The molecule has 0 saturated heterocycles. The fourth-order valence-electron chi connectivity index (χ4n) is 1.88. The first-order valence-electron chi connectivity index (χ1n) is 7.17. The molecular formula is C17H18F3N3. The van der Waals surface area contributed by atoms with Gasteiger partial charge in [-0.3, -0.25) is 0 Å². The summed E-state index contributed by atoms with van der Waals surface area (Å²) < 4.78 is 40.3. The first kappa shape index (κ1) is 16.9. The Balaban J connectivity index is 2.25. The normalized spacial score (nSPS) is 11.0. The fraction of sp³-hybridized carbons (Fsp3) is 0.235. The maximum Gasteiger partial charge on any atom is 0.160 e. The molecule has 0 fully saturated rings. The van der Waals surface area contributed by atoms with Crippen LogP contribution in [0, 0.1) is 24.4 Å². The van der Waals surface area contributed by atoms with Crippen LogP contribution in [0.15, 0.2) is 35.3 Å². The van der Waals surface area contributed by atoms with Gasteiger partial charge in [0.05, 0.1) is 17.7 Å². The molecular weight excluding hydrogens is 303 g/mol. The van der Waals surface area contributed by atoms with Gasteiger partial charge in [0.2, 0.25) is 0 Å². The number of nitrogens with one attached hydrogen (secondary N) is 1. The predicted molar refractivity (Wildman–Crippen MR) is 87.2 cm³/mol. The second kappa shape index (κ2) is 7.17. The van der Waals surface area contributed by atoms with Crippen molar-refractivity contribution in [2.45, 2.75) is 13.8 Å². The van der Waals surface area contributed by atoms with Crippen LogP contribution >= 0.6 is 0 Å². The van der Waals surface area contributed by atoms with E-state index in [1.54, 1.807) is 19.3 Å². The molecule has 0 radical (unpaired) electrons. The summed E-state index contributed by atoms with van der Waals surface area (Å²) in [5.41, 5.74) is 1.72. The third-order valence-corrected chi connectivity index (χ3v) is 3.38. The second-order valence-corrected chi connectivity index (χ2v) is 5.19. The second-order valence-electron chi connectivity index (χ2n) is 5.19. The first-order valence-corrected chi connectivity index (χ1v) is 7.17. The fourth-order valence-corrected chi connectivity index (χ4v) is 1.88. The van der Waals surface area contributed by atoms with Crippen LogP contribution in [0.1, 0.15) is 12.5 Å². The Morgan fingerprint density at radius 1 is 1.09 bits per heavy atom.